The van der Waals surface area contributed by atoms with Gasteiger partial charge in [0.25, 0.3) is 0 Å². The largest absolute Gasteiger partial charge is 0.491 e. The average molecular weight is 343 g/mol. The molecule has 1 aromatic rings. The molecule has 1 N–H and O–H groups in total. The number of hydrogen-bond donors (Lipinski definition) is 1. The number of halogens is 1. The van der Waals surface area contributed by atoms with Crippen LogP contribution in [0.4, 0.5) is 0 Å². The van der Waals surface area contributed by atoms with Gasteiger partial charge in [0.2, 0.25) is 0 Å². The molecule has 0 saturated carbocycles. The van der Waals surface area contributed by atoms with Crippen LogP contribution in [0.5, 0.6) is 11.5 Å². The molecule has 130 valence electrons. The number of nitrogens with zero attached hydrogens (tertiary/aromatic N) is 2. The van der Waals surface area contributed by atoms with Crippen LogP contribution in [0.25, 0.3) is 0 Å². The Kier molecular flexibility index (Phi) is 6.53. The third-order valence-corrected chi connectivity index (χ3v) is 4.81. The number of aliphatic hydroxyl groups is 1. The van der Waals surface area contributed by atoms with Crippen LogP contribution in [-0.4, -0.2) is 68.0 Å². The van der Waals surface area contributed by atoms with Crippen LogP contribution < -0.4 is 9.47 Å². The highest BCUT2D eigenvalue weighted by Crippen LogP contribution is 2.39. The molecule has 2 unspecified atom stereocenters. The SMILES string of the molecule is CCOc1cc(C(CO)N2CCN(C)C(C)C2)cc(Cl)c1OC. The number of ether oxygens (including phenoxy) is 2. The normalized spacial score (nSPS) is 21.2. The Morgan fingerprint density at radius 3 is 2.70 bits per heavy atom. The van der Waals surface area contributed by atoms with Crippen LogP contribution in [0, 0.1) is 0 Å². The molecule has 2 rings (SSSR count). The minimum atomic E-state index is -0.0891. The standard InChI is InChI=1S/C17H27ClN2O3/c1-5-23-16-9-13(8-14(18)17(16)22-4)15(11-21)20-7-6-19(3)12(2)10-20/h8-9,12,15,21H,5-7,10-11H2,1-4H3. The van der Waals surface area contributed by atoms with Gasteiger partial charge in [-0.2, -0.15) is 0 Å². The van der Waals surface area contributed by atoms with Gasteiger partial charge in [-0.3, -0.25) is 4.90 Å². The first-order chi connectivity index (χ1) is 11.0. The summed E-state index contributed by atoms with van der Waals surface area (Å²) in [5.74, 6) is 1.17. The fourth-order valence-corrected chi connectivity index (χ4v) is 3.33. The molecule has 5 nitrogen and oxygen atoms in total. The van der Waals surface area contributed by atoms with Gasteiger partial charge < -0.3 is 19.5 Å². The lowest BCUT2D eigenvalue weighted by atomic mass is 10.0. The molecule has 1 fully saturated rings. The summed E-state index contributed by atoms with van der Waals surface area (Å²) in [5, 5.41) is 10.5. The lowest BCUT2D eigenvalue weighted by molar-refractivity contribution is 0.0463. The van der Waals surface area contributed by atoms with E-state index in [1.165, 1.54) is 0 Å². The van der Waals surface area contributed by atoms with Crippen LogP contribution in [-0.2, 0) is 0 Å². The van der Waals surface area contributed by atoms with Gasteiger partial charge in [-0.1, -0.05) is 11.6 Å². The highest BCUT2D eigenvalue weighted by molar-refractivity contribution is 6.32. The van der Waals surface area contributed by atoms with Crippen molar-refractivity contribution in [2.24, 2.45) is 0 Å². The van der Waals surface area contributed by atoms with Crippen molar-refractivity contribution in [3.05, 3.63) is 22.7 Å². The topological polar surface area (TPSA) is 45.2 Å². The lowest BCUT2D eigenvalue weighted by Gasteiger charge is -2.41. The molecule has 0 aliphatic carbocycles. The Bertz CT molecular complexity index is 527. The van der Waals surface area contributed by atoms with Crippen molar-refractivity contribution >= 4 is 11.6 Å². The van der Waals surface area contributed by atoms with Crippen molar-refractivity contribution in [3.8, 4) is 11.5 Å². The Hall–Kier alpha value is -1.01. The number of piperazine rings is 1. The van der Waals surface area contributed by atoms with Crippen molar-refractivity contribution in [1.82, 2.24) is 9.80 Å². The van der Waals surface area contributed by atoms with Gasteiger partial charge >= 0.3 is 0 Å². The lowest BCUT2D eigenvalue weighted by Crippen LogP contribution is -2.51. The quantitative estimate of drug-likeness (QED) is 0.860. The number of rotatable bonds is 6. The van der Waals surface area contributed by atoms with E-state index in [-0.39, 0.29) is 12.6 Å². The molecule has 0 spiro atoms. The zero-order valence-corrected chi connectivity index (χ0v) is 15.1. The van der Waals surface area contributed by atoms with Crippen LogP contribution in [0.15, 0.2) is 12.1 Å². The van der Waals surface area contributed by atoms with Crippen molar-refractivity contribution in [1.29, 1.82) is 0 Å². The number of hydrogen-bond acceptors (Lipinski definition) is 5. The maximum Gasteiger partial charge on any atom is 0.179 e. The summed E-state index contributed by atoms with van der Waals surface area (Å²) in [4.78, 5) is 4.64. The Balaban J connectivity index is 2.30. The molecule has 1 saturated heterocycles. The number of methoxy groups -OCH3 is 1. The number of likely N-dealkylation sites (N-methyl/N-ethyl adjacent to an activating group) is 1. The molecule has 1 heterocycles. The Labute approximate surface area is 143 Å². The van der Waals surface area contributed by atoms with Gasteiger partial charge in [-0.15, -0.1) is 0 Å². The van der Waals surface area contributed by atoms with E-state index in [1.54, 1.807) is 7.11 Å². The maximum absolute atomic E-state index is 9.95. The van der Waals surface area contributed by atoms with E-state index in [2.05, 4.69) is 23.8 Å². The second-order valence-electron chi connectivity index (χ2n) is 5.99. The Morgan fingerprint density at radius 1 is 1.39 bits per heavy atom. The molecule has 0 aromatic heterocycles. The molecular formula is C17H27ClN2O3. The summed E-state index contributed by atoms with van der Waals surface area (Å²) >= 11 is 6.35. The fraction of sp³-hybridized carbons (Fsp3) is 0.647. The minimum absolute atomic E-state index is 0.0463. The maximum atomic E-state index is 9.95. The van der Waals surface area contributed by atoms with Crippen LogP contribution >= 0.6 is 11.6 Å². The Morgan fingerprint density at radius 2 is 2.13 bits per heavy atom. The average Bonchev–Trinajstić information content (AvgIpc) is 2.52. The highest BCUT2D eigenvalue weighted by Gasteiger charge is 2.28. The van der Waals surface area contributed by atoms with Crippen LogP contribution in [0.1, 0.15) is 25.5 Å². The van der Waals surface area contributed by atoms with E-state index in [4.69, 9.17) is 21.1 Å². The van der Waals surface area contributed by atoms with E-state index in [9.17, 15) is 5.11 Å². The van der Waals surface area contributed by atoms with Gasteiger partial charge in [0.05, 0.1) is 31.4 Å². The number of aliphatic hydroxyl groups excluding tert-OH is 1. The molecule has 6 heteroatoms. The second kappa shape index (κ2) is 8.20. The predicted octanol–water partition coefficient (Wildman–Crippen LogP) is 2.42. The molecule has 2 atom stereocenters. The molecule has 0 radical (unpaired) electrons. The predicted molar refractivity (Wildman–Crippen MR) is 92.7 cm³/mol. The van der Waals surface area contributed by atoms with Gasteiger partial charge in [-0.25, -0.2) is 0 Å². The fourth-order valence-electron chi connectivity index (χ4n) is 3.03. The van der Waals surface area contributed by atoms with Gasteiger partial charge in [0, 0.05) is 25.7 Å². The van der Waals surface area contributed by atoms with Crippen molar-refractivity contribution < 1.29 is 14.6 Å². The summed E-state index contributed by atoms with van der Waals surface area (Å²) in [5.41, 5.74) is 0.957. The van der Waals surface area contributed by atoms with Crippen LogP contribution in [0.2, 0.25) is 5.02 Å². The van der Waals surface area contributed by atoms with E-state index in [1.807, 2.05) is 19.1 Å². The summed E-state index contributed by atoms with van der Waals surface area (Å²) in [7, 11) is 3.71. The van der Waals surface area contributed by atoms with E-state index in [0.717, 1.165) is 25.2 Å². The monoisotopic (exact) mass is 342 g/mol. The zero-order valence-electron chi connectivity index (χ0n) is 14.4. The number of benzene rings is 1. The molecule has 1 aliphatic rings. The molecular weight excluding hydrogens is 316 g/mol. The van der Waals surface area contributed by atoms with Gasteiger partial charge in [-0.05, 0) is 38.6 Å². The van der Waals surface area contributed by atoms with Crippen molar-refractivity contribution in [2.45, 2.75) is 25.9 Å². The highest BCUT2D eigenvalue weighted by atomic mass is 35.5. The molecule has 1 aromatic carbocycles. The summed E-state index contributed by atoms with van der Waals surface area (Å²) in [6.07, 6.45) is 0. The summed E-state index contributed by atoms with van der Waals surface area (Å²) < 4.78 is 11.0. The first kappa shape index (κ1) is 18.3. The molecule has 23 heavy (non-hydrogen) atoms. The van der Waals surface area contributed by atoms with E-state index >= 15 is 0 Å². The van der Waals surface area contributed by atoms with Crippen molar-refractivity contribution in [2.75, 3.05) is 47.0 Å². The van der Waals surface area contributed by atoms with Crippen molar-refractivity contribution in [3.63, 3.8) is 0 Å². The van der Waals surface area contributed by atoms with E-state index in [0.29, 0.717) is 29.2 Å². The summed E-state index contributed by atoms with van der Waals surface area (Å²) in [6.45, 7) is 7.52. The molecule has 0 bridgehead atoms. The third kappa shape index (κ3) is 4.10. The van der Waals surface area contributed by atoms with Gasteiger partial charge in [0.15, 0.2) is 11.5 Å². The van der Waals surface area contributed by atoms with Gasteiger partial charge in [0.1, 0.15) is 0 Å². The van der Waals surface area contributed by atoms with E-state index < -0.39 is 0 Å². The summed E-state index contributed by atoms with van der Waals surface area (Å²) in [6, 6.07) is 4.16. The second-order valence-corrected chi connectivity index (χ2v) is 6.40. The minimum Gasteiger partial charge on any atom is -0.491 e. The first-order valence-corrected chi connectivity index (χ1v) is 8.44. The smallest absolute Gasteiger partial charge is 0.179 e. The zero-order chi connectivity index (χ0) is 17.0. The third-order valence-electron chi connectivity index (χ3n) is 4.53. The first-order valence-electron chi connectivity index (χ1n) is 8.07. The molecule has 1 aliphatic heterocycles. The van der Waals surface area contributed by atoms with Crippen LogP contribution in [0.3, 0.4) is 0 Å². The molecule has 0 amide bonds.